The summed E-state index contributed by atoms with van der Waals surface area (Å²) in [5.74, 6) is 1.34. The van der Waals surface area contributed by atoms with Gasteiger partial charge in [-0.2, -0.15) is 14.9 Å². The quantitative estimate of drug-likeness (QED) is 0.563. The Morgan fingerprint density at radius 1 is 1.29 bits per heavy atom. The molecule has 3 aromatic rings. The van der Waals surface area contributed by atoms with E-state index >= 15 is 0 Å². The van der Waals surface area contributed by atoms with Crippen molar-refractivity contribution in [2.75, 3.05) is 7.11 Å². The number of benzene rings is 2. The van der Waals surface area contributed by atoms with Gasteiger partial charge in [0, 0.05) is 11.1 Å². The molecule has 3 rings (SSSR count). The molecule has 0 saturated heterocycles. The minimum atomic E-state index is 0.104. The second kappa shape index (κ2) is 6.67. The number of ether oxygens (including phenoxy) is 1. The van der Waals surface area contributed by atoms with Crippen LogP contribution in [0.1, 0.15) is 11.1 Å². The number of nitrogens with zero attached hydrogens (tertiary/aromatic N) is 3. The van der Waals surface area contributed by atoms with Crippen molar-refractivity contribution in [3.63, 3.8) is 0 Å². The molecule has 0 aliphatic rings. The van der Waals surface area contributed by atoms with Crippen LogP contribution in [0, 0.1) is 11.7 Å². The van der Waals surface area contributed by atoms with E-state index in [4.69, 9.17) is 17.0 Å². The molecule has 1 aromatic heterocycles. The molecule has 0 aliphatic carbocycles. The highest BCUT2D eigenvalue weighted by Crippen LogP contribution is 2.23. The monoisotopic (exact) mass is 340 g/mol. The number of hydrogen-bond acceptors (Lipinski definition) is 5. The number of aryl methyl sites for hydroxylation is 1. The van der Waals surface area contributed by atoms with Crippen LogP contribution >= 0.6 is 12.2 Å². The Morgan fingerprint density at radius 2 is 2.08 bits per heavy atom. The summed E-state index contributed by atoms with van der Waals surface area (Å²) in [5, 5.41) is 21.3. The van der Waals surface area contributed by atoms with Gasteiger partial charge < -0.3 is 9.84 Å². The Balaban J connectivity index is 2.04. The lowest BCUT2D eigenvalue weighted by atomic mass is 10.1. The number of aromatic amines is 1. The lowest BCUT2D eigenvalue weighted by molar-refractivity contribution is 0.412. The fourth-order valence-corrected chi connectivity index (χ4v) is 2.46. The normalized spacial score (nSPS) is 11.1. The molecular formula is C17H16N4O2S. The minimum Gasteiger partial charge on any atom is -0.507 e. The number of aromatic hydroxyl groups is 1. The highest BCUT2D eigenvalue weighted by molar-refractivity contribution is 7.71. The van der Waals surface area contributed by atoms with Crippen LogP contribution in [-0.4, -0.2) is 33.3 Å². The number of phenolic OH excluding ortho intramolecular Hbond substituents is 1. The van der Waals surface area contributed by atoms with Crippen molar-refractivity contribution in [1.82, 2.24) is 14.9 Å². The van der Waals surface area contributed by atoms with E-state index in [9.17, 15) is 5.11 Å². The smallest absolute Gasteiger partial charge is 0.216 e. The zero-order valence-electron chi connectivity index (χ0n) is 13.2. The first-order valence-corrected chi connectivity index (χ1v) is 7.66. The van der Waals surface area contributed by atoms with Crippen molar-refractivity contribution < 1.29 is 9.84 Å². The Hall–Kier alpha value is -2.93. The van der Waals surface area contributed by atoms with Gasteiger partial charge in [0.15, 0.2) is 5.82 Å². The summed E-state index contributed by atoms with van der Waals surface area (Å²) < 4.78 is 7.05. The van der Waals surface area contributed by atoms with Gasteiger partial charge in [0.2, 0.25) is 4.77 Å². The summed E-state index contributed by atoms with van der Waals surface area (Å²) in [7, 11) is 1.57. The van der Waals surface area contributed by atoms with Gasteiger partial charge in [-0.25, -0.2) is 5.10 Å². The molecule has 0 radical (unpaired) electrons. The molecule has 0 unspecified atom stereocenters. The van der Waals surface area contributed by atoms with E-state index in [0.717, 1.165) is 11.1 Å². The van der Waals surface area contributed by atoms with Crippen molar-refractivity contribution in [2.24, 2.45) is 5.10 Å². The first kappa shape index (κ1) is 15.9. The van der Waals surface area contributed by atoms with E-state index in [0.29, 0.717) is 21.9 Å². The predicted octanol–water partition coefficient (Wildman–Crippen LogP) is 3.51. The van der Waals surface area contributed by atoms with Gasteiger partial charge in [-0.1, -0.05) is 24.3 Å². The van der Waals surface area contributed by atoms with Gasteiger partial charge in [0.1, 0.15) is 11.5 Å². The van der Waals surface area contributed by atoms with Gasteiger partial charge >= 0.3 is 0 Å². The zero-order valence-corrected chi connectivity index (χ0v) is 14.0. The second-order valence-electron chi connectivity index (χ2n) is 5.15. The molecule has 122 valence electrons. The molecule has 1 heterocycles. The van der Waals surface area contributed by atoms with Crippen LogP contribution in [0.4, 0.5) is 0 Å². The third kappa shape index (κ3) is 3.07. The van der Waals surface area contributed by atoms with E-state index in [1.165, 1.54) is 10.9 Å². The van der Waals surface area contributed by atoms with Crippen LogP contribution in [0.25, 0.3) is 11.4 Å². The van der Waals surface area contributed by atoms with Crippen molar-refractivity contribution in [3.05, 3.63) is 58.4 Å². The van der Waals surface area contributed by atoms with Gasteiger partial charge in [-0.05, 0) is 42.9 Å². The molecule has 0 aliphatic heterocycles. The van der Waals surface area contributed by atoms with Gasteiger partial charge in [-0.3, -0.25) is 0 Å². The van der Waals surface area contributed by atoms with E-state index in [1.54, 1.807) is 25.3 Å². The number of methoxy groups -OCH3 is 1. The maximum absolute atomic E-state index is 9.95. The number of nitrogens with one attached hydrogen (secondary N) is 1. The van der Waals surface area contributed by atoms with Crippen LogP contribution in [0.15, 0.2) is 47.6 Å². The first-order valence-electron chi connectivity index (χ1n) is 7.25. The Kier molecular flexibility index (Phi) is 4.43. The standard InChI is InChI=1S/C17H16N4O2S/c1-11-5-3-4-6-14(11)16-19-20-17(24)21(16)18-10-12-9-13(23-2)7-8-15(12)22/h3-10,22H,1-2H3,(H,20,24)/b18-10+. The predicted molar refractivity (Wildman–Crippen MR) is 95.2 cm³/mol. The number of H-pyrrole nitrogens is 1. The molecule has 2 N–H and O–H groups in total. The van der Waals surface area contributed by atoms with Crippen LogP contribution in [0.2, 0.25) is 0 Å². The highest BCUT2D eigenvalue weighted by Gasteiger charge is 2.10. The minimum absolute atomic E-state index is 0.104. The van der Waals surface area contributed by atoms with E-state index in [1.807, 2.05) is 31.2 Å². The molecule has 0 fully saturated rings. The second-order valence-corrected chi connectivity index (χ2v) is 5.54. The number of rotatable bonds is 4. The third-order valence-electron chi connectivity index (χ3n) is 3.58. The molecule has 7 heteroatoms. The van der Waals surface area contributed by atoms with Gasteiger partial charge in [0.05, 0.1) is 13.3 Å². The third-order valence-corrected chi connectivity index (χ3v) is 3.85. The van der Waals surface area contributed by atoms with Crippen molar-refractivity contribution in [1.29, 1.82) is 0 Å². The Labute approximate surface area is 144 Å². The molecule has 0 bridgehead atoms. The molecule has 0 spiro atoms. The molecule has 6 nitrogen and oxygen atoms in total. The Morgan fingerprint density at radius 3 is 2.83 bits per heavy atom. The average molecular weight is 340 g/mol. The van der Waals surface area contributed by atoms with Gasteiger partial charge in [-0.15, -0.1) is 0 Å². The molecular weight excluding hydrogens is 324 g/mol. The van der Waals surface area contributed by atoms with Crippen molar-refractivity contribution >= 4 is 18.4 Å². The van der Waals surface area contributed by atoms with E-state index < -0.39 is 0 Å². The zero-order chi connectivity index (χ0) is 17.1. The SMILES string of the molecule is COc1ccc(O)c(/C=N/n2c(-c3ccccc3C)n[nH]c2=S)c1. The summed E-state index contributed by atoms with van der Waals surface area (Å²) in [4.78, 5) is 0. The lowest BCUT2D eigenvalue weighted by Gasteiger charge is -2.05. The maximum Gasteiger partial charge on any atom is 0.216 e. The summed E-state index contributed by atoms with van der Waals surface area (Å²) in [6.45, 7) is 2.00. The fraction of sp³-hybridized carbons (Fsp3) is 0.118. The number of aromatic nitrogens is 3. The summed E-state index contributed by atoms with van der Waals surface area (Å²) in [6, 6.07) is 12.8. The van der Waals surface area contributed by atoms with E-state index in [-0.39, 0.29) is 5.75 Å². The van der Waals surface area contributed by atoms with Crippen LogP contribution in [0.3, 0.4) is 0 Å². The molecule has 0 saturated carbocycles. The molecule has 0 atom stereocenters. The molecule has 2 aromatic carbocycles. The van der Waals surface area contributed by atoms with Crippen molar-refractivity contribution in [3.8, 4) is 22.9 Å². The average Bonchev–Trinajstić information content (AvgIpc) is 2.95. The topological polar surface area (TPSA) is 75.4 Å². The van der Waals surface area contributed by atoms with Crippen LogP contribution < -0.4 is 4.74 Å². The van der Waals surface area contributed by atoms with Crippen molar-refractivity contribution in [2.45, 2.75) is 6.92 Å². The fourth-order valence-electron chi connectivity index (χ4n) is 2.28. The summed E-state index contributed by atoms with van der Waals surface area (Å²) in [5.41, 5.74) is 2.51. The lowest BCUT2D eigenvalue weighted by Crippen LogP contribution is -1.97. The van der Waals surface area contributed by atoms with E-state index in [2.05, 4.69) is 15.3 Å². The maximum atomic E-state index is 9.95. The number of hydrogen-bond donors (Lipinski definition) is 2. The summed E-state index contributed by atoms with van der Waals surface area (Å²) in [6.07, 6.45) is 1.52. The molecule has 0 amide bonds. The summed E-state index contributed by atoms with van der Waals surface area (Å²) >= 11 is 5.26. The Bertz CT molecular complexity index is 959. The largest absolute Gasteiger partial charge is 0.507 e. The number of phenols is 1. The van der Waals surface area contributed by atoms with Gasteiger partial charge in [0.25, 0.3) is 0 Å². The molecule has 24 heavy (non-hydrogen) atoms. The van der Waals surface area contributed by atoms with Crippen LogP contribution in [-0.2, 0) is 0 Å². The highest BCUT2D eigenvalue weighted by atomic mass is 32.1. The van der Waals surface area contributed by atoms with Crippen LogP contribution in [0.5, 0.6) is 11.5 Å². The first-order chi connectivity index (χ1) is 11.6.